The van der Waals surface area contributed by atoms with E-state index in [1.54, 1.807) is 23.3 Å². The van der Waals surface area contributed by atoms with Crippen molar-refractivity contribution in [1.29, 1.82) is 0 Å². The number of amides is 1. The number of rotatable bonds is 5. The molecule has 0 fully saturated rings. The van der Waals surface area contributed by atoms with Gasteiger partial charge in [0.2, 0.25) is 5.91 Å². The second-order valence-corrected chi connectivity index (χ2v) is 6.86. The Kier molecular flexibility index (Phi) is 5.62. The zero-order valence-electron chi connectivity index (χ0n) is 10.4. The first kappa shape index (κ1) is 14.7. The van der Waals surface area contributed by atoms with Crippen LogP contribution >= 0.6 is 27.3 Å². The fourth-order valence-corrected chi connectivity index (χ4v) is 3.04. The van der Waals surface area contributed by atoms with E-state index in [1.807, 2.05) is 26.0 Å². The van der Waals surface area contributed by atoms with Gasteiger partial charge in [0, 0.05) is 11.9 Å². The second kappa shape index (κ2) is 6.52. The van der Waals surface area contributed by atoms with Gasteiger partial charge in [-0.1, -0.05) is 20.3 Å². The van der Waals surface area contributed by atoms with Crippen molar-refractivity contribution < 1.29 is 4.79 Å². The number of hydrogen-bond acceptors (Lipinski definition) is 3. The Bertz CT molecular complexity index is 380. The van der Waals surface area contributed by atoms with Gasteiger partial charge in [0.05, 0.1) is 16.4 Å². The average Bonchev–Trinajstić information content (AvgIpc) is 2.71. The minimum absolute atomic E-state index is 0.0175. The molecule has 0 bridgehead atoms. The molecule has 1 aromatic heterocycles. The van der Waals surface area contributed by atoms with Crippen molar-refractivity contribution in [3.05, 3.63) is 20.8 Å². The molecule has 0 aromatic carbocycles. The van der Waals surface area contributed by atoms with Gasteiger partial charge in [0.1, 0.15) is 0 Å². The molecule has 0 aliphatic carbocycles. The fourth-order valence-electron chi connectivity index (χ4n) is 1.50. The van der Waals surface area contributed by atoms with Crippen LogP contribution in [0.25, 0.3) is 0 Å². The van der Waals surface area contributed by atoms with E-state index in [-0.39, 0.29) is 11.8 Å². The minimum Gasteiger partial charge on any atom is -0.339 e. The number of halogens is 1. The van der Waals surface area contributed by atoms with Crippen LogP contribution in [0.4, 0.5) is 0 Å². The number of hydrogen-bond donors (Lipinski definition) is 1. The molecule has 0 saturated carbocycles. The number of nitrogens with two attached hydrogens (primary N) is 1. The van der Waals surface area contributed by atoms with E-state index in [9.17, 15) is 4.79 Å². The van der Waals surface area contributed by atoms with Crippen molar-refractivity contribution in [3.8, 4) is 0 Å². The van der Waals surface area contributed by atoms with Crippen molar-refractivity contribution in [2.45, 2.75) is 32.9 Å². The minimum atomic E-state index is -0.395. The third-order valence-corrected chi connectivity index (χ3v) is 4.55. The van der Waals surface area contributed by atoms with Crippen molar-refractivity contribution in [2.24, 2.45) is 11.7 Å². The van der Waals surface area contributed by atoms with Gasteiger partial charge in [0.25, 0.3) is 0 Å². The molecule has 2 atom stereocenters. The van der Waals surface area contributed by atoms with Crippen molar-refractivity contribution in [1.82, 2.24) is 4.90 Å². The quantitative estimate of drug-likeness (QED) is 0.907. The molecule has 1 rings (SSSR count). The van der Waals surface area contributed by atoms with Gasteiger partial charge in [-0.25, -0.2) is 0 Å². The average molecular weight is 319 g/mol. The summed E-state index contributed by atoms with van der Waals surface area (Å²) in [6, 6.07) is 3.62. The van der Waals surface area contributed by atoms with Gasteiger partial charge < -0.3 is 10.6 Å². The SMILES string of the molecule is CCC(C)C(N)C(=O)N(C)Cc1ccc(Br)s1. The summed E-state index contributed by atoms with van der Waals surface area (Å²) in [6.07, 6.45) is 0.922. The predicted octanol–water partition coefficient (Wildman–Crippen LogP) is 2.84. The highest BCUT2D eigenvalue weighted by atomic mass is 79.9. The first-order valence-corrected chi connectivity index (χ1v) is 7.31. The van der Waals surface area contributed by atoms with E-state index in [0.717, 1.165) is 15.1 Å². The summed E-state index contributed by atoms with van der Waals surface area (Å²) in [7, 11) is 1.80. The largest absolute Gasteiger partial charge is 0.339 e. The Balaban J connectivity index is 2.58. The standard InChI is InChI=1S/C12H19BrN2OS/c1-4-8(2)11(14)12(16)15(3)7-9-5-6-10(13)17-9/h5-6,8,11H,4,7,14H2,1-3H3. The van der Waals surface area contributed by atoms with Crippen LogP contribution < -0.4 is 5.73 Å². The topological polar surface area (TPSA) is 46.3 Å². The Labute approximate surface area is 115 Å². The predicted molar refractivity (Wildman–Crippen MR) is 75.9 cm³/mol. The summed E-state index contributed by atoms with van der Waals surface area (Å²) in [6.45, 7) is 4.69. The number of carbonyl (C=O) groups is 1. The highest BCUT2D eigenvalue weighted by Gasteiger charge is 2.22. The molecule has 0 spiro atoms. The third kappa shape index (κ3) is 4.08. The van der Waals surface area contributed by atoms with Gasteiger partial charge in [0.15, 0.2) is 0 Å². The van der Waals surface area contributed by atoms with Crippen LogP contribution in [0.1, 0.15) is 25.1 Å². The molecule has 0 radical (unpaired) electrons. The van der Waals surface area contributed by atoms with Crippen molar-refractivity contribution in [2.75, 3.05) is 7.05 Å². The lowest BCUT2D eigenvalue weighted by atomic mass is 9.99. The van der Waals surface area contributed by atoms with Crippen LogP contribution in [0.15, 0.2) is 15.9 Å². The Morgan fingerprint density at radius 1 is 1.59 bits per heavy atom. The maximum atomic E-state index is 12.0. The smallest absolute Gasteiger partial charge is 0.239 e. The molecule has 0 aliphatic rings. The highest BCUT2D eigenvalue weighted by molar-refractivity contribution is 9.11. The third-order valence-electron chi connectivity index (χ3n) is 2.94. The van der Waals surface area contributed by atoms with Crippen molar-refractivity contribution >= 4 is 33.2 Å². The molecule has 1 heterocycles. The van der Waals surface area contributed by atoms with E-state index in [0.29, 0.717) is 6.54 Å². The van der Waals surface area contributed by atoms with Crippen LogP contribution in [-0.4, -0.2) is 23.9 Å². The number of thiophene rings is 1. The molecule has 3 nitrogen and oxygen atoms in total. The summed E-state index contributed by atoms with van der Waals surface area (Å²) in [5, 5.41) is 0. The summed E-state index contributed by atoms with van der Waals surface area (Å²) in [4.78, 5) is 14.9. The van der Waals surface area contributed by atoms with E-state index >= 15 is 0 Å². The maximum absolute atomic E-state index is 12.0. The first-order chi connectivity index (χ1) is 7.95. The molecule has 0 saturated heterocycles. The molecular formula is C12H19BrN2OS. The van der Waals surface area contributed by atoms with E-state index in [1.165, 1.54) is 0 Å². The molecule has 2 unspecified atom stereocenters. The van der Waals surface area contributed by atoms with Gasteiger partial charge in [-0.2, -0.15) is 0 Å². The molecule has 1 amide bonds. The van der Waals surface area contributed by atoms with E-state index in [2.05, 4.69) is 15.9 Å². The highest BCUT2D eigenvalue weighted by Crippen LogP contribution is 2.23. The van der Waals surface area contributed by atoms with Gasteiger partial charge in [-0.05, 0) is 34.0 Å². The molecule has 1 aromatic rings. The number of nitrogens with zero attached hydrogens (tertiary/aromatic N) is 1. The Morgan fingerprint density at radius 2 is 2.24 bits per heavy atom. The van der Waals surface area contributed by atoms with Gasteiger partial charge in [-0.15, -0.1) is 11.3 Å². The van der Waals surface area contributed by atoms with E-state index < -0.39 is 6.04 Å². The normalized spacial score (nSPS) is 14.4. The zero-order valence-corrected chi connectivity index (χ0v) is 12.8. The Hall–Kier alpha value is -0.390. The molecule has 17 heavy (non-hydrogen) atoms. The van der Waals surface area contributed by atoms with Crippen LogP contribution in [-0.2, 0) is 11.3 Å². The van der Waals surface area contributed by atoms with Gasteiger partial charge >= 0.3 is 0 Å². The molecular weight excluding hydrogens is 300 g/mol. The monoisotopic (exact) mass is 318 g/mol. The molecule has 0 aliphatic heterocycles. The number of likely N-dealkylation sites (N-methyl/N-ethyl adjacent to an activating group) is 1. The number of carbonyl (C=O) groups excluding carboxylic acids is 1. The Morgan fingerprint density at radius 3 is 2.71 bits per heavy atom. The lowest BCUT2D eigenvalue weighted by molar-refractivity contribution is -0.132. The summed E-state index contributed by atoms with van der Waals surface area (Å²) in [5.41, 5.74) is 5.93. The zero-order chi connectivity index (χ0) is 13.0. The van der Waals surface area contributed by atoms with Crippen LogP contribution in [0.3, 0.4) is 0 Å². The fraction of sp³-hybridized carbons (Fsp3) is 0.583. The summed E-state index contributed by atoms with van der Waals surface area (Å²) in [5.74, 6) is 0.240. The summed E-state index contributed by atoms with van der Waals surface area (Å²) >= 11 is 5.05. The van der Waals surface area contributed by atoms with Gasteiger partial charge in [-0.3, -0.25) is 4.79 Å². The maximum Gasteiger partial charge on any atom is 0.239 e. The summed E-state index contributed by atoms with van der Waals surface area (Å²) < 4.78 is 1.08. The molecule has 2 N–H and O–H groups in total. The van der Waals surface area contributed by atoms with Crippen LogP contribution in [0.2, 0.25) is 0 Å². The lowest BCUT2D eigenvalue weighted by Gasteiger charge is -2.24. The first-order valence-electron chi connectivity index (χ1n) is 5.70. The lowest BCUT2D eigenvalue weighted by Crippen LogP contribution is -2.45. The molecule has 96 valence electrons. The van der Waals surface area contributed by atoms with E-state index in [4.69, 9.17) is 5.73 Å². The second-order valence-electron chi connectivity index (χ2n) is 4.31. The van der Waals surface area contributed by atoms with Crippen LogP contribution in [0.5, 0.6) is 0 Å². The van der Waals surface area contributed by atoms with Crippen molar-refractivity contribution in [3.63, 3.8) is 0 Å². The van der Waals surface area contributed by atoms with Crippen LogP contribution in [0, 0.1) is 5.92 Å². The molecule has 5 heteroatoms.